The maximum atomic E-state index is 5.67. The van der Waals surface area contributed by atoms with E-state index in [4.69, 9.17) is 4.52 Å². The van der Waals surface area contributed by atoms with Gasteiger partial charge in [-0.15, -0.1) is 0 Å². The summed E-state index contributed by atoms with van der Waals surface area (Å²) in [6, 6.07) is 23.6. The van der Waals surface area contributed by atoms with Crippen molar-refractivity contribution in [3.05, 3.63) is 114 Å². The van der Waals surface area contributed by atoms with Gasteiger partial charge in [-0.3, -0.25) is 0 Å². The molecule has 0 aliphatic heterocycles. The second kappa shape index (κ2) is 8.79. The molecule has 0 spiro atoms. The predicted octanol–water partition coefficient (Wildman–Crippen LogP) is 5.80. The molecule has 136 valence electrons. The van der Waals surface area contributed by atoms with Gasteiger partial charge in [0.1, 0.15) is 29.3 Å². The number of hydrogen-bond acceptors (Lipinski definition) is 2. The van der Waals surface area contributed by atoms with Crippen LogP contribution in [0.4, 0.5) is 0 Å². The zero-order valence-electron chi connectivity index (χ0n) is 15.9. The van der Waals surface area contributed by atoms with Crippen LogP contribution in [0.25, 0.3) is 0 Å². The highest BCUT2D eigenvalue weighted by Crippen LogP contribution is 2.66. The SMILES string of the molecule is C=C/C=C\C(=C/C)[P+](Cc1cc(C)no1)(c1ccccc1)c1ccccc1. The Morgan fingerprint density at radius 1 is 1.04 bits per heavy atom. The van der Waals surface area contributed by atoms with E-state index < -0.39 is 7.26 Å². The van der Waals surface area contributed by atoms with Crippen LogP contribution in [0.2, 0.25) is 0 Å². The summed E-state index contributed by atoms with van der Waals surface area (Å²) in [5.41, 5.74) is 0.910. The molecule has 0 saturated carbocycles. The molecule has 0 atom stereocenters. The van der Waals surface area contributed by atoms with E-state index in [0.29, 0.717) is 0 Å². The fourth-order valence-corrected chi connectivity index (χ4v) is 7.62. The number of hydrogen-bond donors (Lipinski definition) is 0. The van der Waals surface area contributed by atoms with Crippen molar-refractivity contribution < 1.29 is 4.52 Å². The Balaban J connectivity index is 2.30. The van der Waals surface area contributed by atoms with Crippen LogP contribution in [0.1, 0.15) is 18.4 Å². The maximum Gasteiger partial charge on any atom is 0.175 e. The first-order valence-electron chi connectivity index (χ1n) is 9.08. The van der Waals surface area contributed by atoms with E-state index in [1.807, 2.05) is 25.1 Å². The van der Waals surface area contributed by atoms with Crippen LogP contribution in [-0.2, 0) is 6.16 Å². The fourth-order valence-electron chi connectivity index (χ4n) is 3.42. The monoisotopic (exact) mass is 374 g/mol. The lowest BCUT2D eigenvalue weighted by atomic mass is 10.4. The van der Waals surface area contributed by atoms with Gasteiger partial charge in [0.15, 0.2) is 5.76 Å². The van der Waals surface area contributed by atoms with Gasteiger partial charge in [-0.1, -0.05) is 60.3 Å². The molecular formula is C24H25NOP+. The molecule has 2 aromatic carbocycles. The van der Waals surface area contributed by atoms with E-state index >= 15 is 0 Å². The second-order valence-corrected chi connectivity index (χ2v) is 9.87. The summed E-state index contributed by atoms with van der Waals surface area (Å²) in [6.45, 7) is 7.92. The third-order valence-corrected chi connectivity index (χ3v) is 9.04. The number of allylic oxidation sites excluding steroid dienone is 5. The second-order valence-electron chi connectivity index (χ2n) is 6.38. The van der Waals surface area contributed by atoms with E-state index in [1.165, 1.54) is 15.9 Å². The number of aromatic nitrogens is 1. The number of nitrogens with zero attached hydrogens (tertiary/aromatic N) is 1. The molecule has 2 nitrogen and oxygen atoms in total. The minimum atomic E-state index is -1.96. The van der Waals surface area contributed by atoms with E-state index in [2.05, 4.69) is 91.5 Å². The summed E-state index contributed by atoms with van der Waals surface area (Å²) in [6.07, 6.45) is 9.04. The van der Waals surface area contributed by atoms with Crippen LogP contribution in [0.3, 0.4) is 0 Å². The van der Waals surface area contributed by atoms with Crippen LogP contribution in [0, 0.1) is 6.92 Å². The summed E-state index contributed by atoms with van der Waals surface area (Å²) < 4.78 is 5.67. The quantitative estimate of drug-likeness (QED) is 0.386. The largest absolute Gasteiger partial charge is 0.357 e. The van der Waals surface area contributed by atoms with Gasteiger partial charge in [0.25, 0.3) is 0 Å². The molecule has 27 heavy (non-hydrogen) atoms. The van der Waals surface area contributed by atoms with Crippen LogP contribution in [0.15, 0.2) is 107 Å². The molecular weight excluding hydrogens is 349 g/mol. The van der Waals surface area contributed by atoms with Crippen LogP contribution in [-0.4, -0.2) is 5.16 Å². The minimum absolute atomic E-state index is 0.795. The van der Waals surface area contributed by atoms with Gasteiger partial charge in [-0.2, -0.15) is 0 Å². The van der Waals surface area contributed by atoms with Crippen molar-refractivity contribution in [3.8, 4) is 0 Å². The molecule has 0 aliphatic rings. The van der Waals surface area contributed by atoms with Crippen molar-refractivity contribution in [2.24, 2.45) is 0 Å². The lowest BCUT2D eigenvalue weighted by Crippen LogP contribution is -2.25. The van der Waals surface area contributed by atoms with Crippen molar-refractivity contribution in [1.29, 1.82) is 0 Å². The fraction of sp³-hybridized carbons (Fsp3) is 0.125. The van der Waals surface area contributed by atoms with Gasteiger partial charge in [-0.25, -0.2) is 0 Å². The van der Waals surface area contributed by atoms with Crippen LogP contribution in [0.5, 0.6) is 0 Å². The predicted molar refractivity (Wildman–Crippen MR) is 117 cm³/mol. The van der Waals surface area contributed by atoms with Crippen LogP contribution >= 0.6 is 7.26 Å². The van der Waals surface area contributed by atoms with Gasteiger partial charge in [0.2, 0.25) is 0 Å². The highest BCUT2D eigenvalue weighted by Gasteiger charge is 2.47. The Hall–Kier alpha value is -2.70. The Morgan fingerprint density at radius 3 is 2.07 bits per heavy atom. The summed E-state index contributed by atoms with van der Waals surface area (Å²) in [5.74, 6) is 0.917. The first-order valence-corrected chi connectivity index (χ1v) is 11.1. The van der Waals surface area contributed by atoms with Gasteiger partial charge >= 0.3 is 0 Å². The topological polar surface area (TPSA) is 26.0 Å². The smallest absolute Gasteiger partial charge is 0.175 e. The van der Waals surface area contributed by atoms with E-state index in [-0.39, 0.29) is 0 Å². The molecule has 0 unspecified atom stereocenters. The number of benzene rings is 2. The van der Waals surface area contributed by atoms with Gasteiger partial charge in [-0.05, 0) is 50.3 Å². The first kappa shape index (κ1) is 19.1. The average molecular weight is 374 g/mol. The molecule has 0 amide bonds. The molecule has 0 aliphatic carbocycles. The molecule has 0 saturated heterocycles. The first-order chi connectivity index (χ1) is 13.2. The Morgan fingerprint density at radius 2 is 1.63 bits per heavy atom. The van der Waals surface area contributed by atoms with Crippen molar-refractivity contribution in [1.82, 2.24) is 5.16 Å². The van der Waals surface area contributed by atoms with Crippen molar-refractivity contribution in [2.75, 3.05) is 0 Å². The molecule has 3 aromatic rings. The van der Waals surface area contributed by atoms with Gasteiger partial charge in [0.05, 0.1) is 5.69 Å². The highest BCUT2D eigenvalue weighted by atomic mass is 31.2. The molecule has 0 radical (unpaired) electrons. The minimum Gasteiger partial charge on any atom is -0.357 e. The van der Waals surface area contributed by atoms with E-state index in [1.54, 1.807) is 0 Å². The Bertz CT molecular complexity index is 899. The number of aryl methyl sites for hydroxylation is 1. The molecule has 0 fully saturated rings. The van der Waals surface area contributed by atoms with Crippen molar-refractivity contribution in [2.45, 2.75) is 20.0 Å². The molecule has 3 heteroatoms. The summed E-state index contributed by atoms with van der Waals surface area (Å²) in [7, 11) is -1.96. The summed E-state index contributed by atoms with van der Waals surface area (Å²) in [5, 5.41) is 8.08. The van der Waals surface area contributed by atoms with Crippen molar-refractivity contribution in [3.63, 3.8) is 0 Å². The zero-order valence-corrected chi connectivity index (χ0v) is 16.8. The molecule has 0 N–H and O–H groups in total. The Labute approximate surface area is 162 Å². The van der Waals surface area contributed by atoms with E-state index in [9.17, 15) is 0 Å². The molecule has 1 aromatic heterocycles. The van der Waals surface area contributed by atoms with E-state index in [0.717, 1.165) is 17.6 Å². The maximum absolute atomic E-state index is 5.67. The standard InChI is InChI=1S/C24H25NOP/c1-4-6-13-22(5-2)27(23-14-9-7-10-15-23,24-16-11-8-12-17-24)19-21-18-20(3)25-26-21/h4-18H,1,19H2,2-3H3/q+1/b13-6-,22-5+. The van der Waals surface area contributed by atoms with Crippen LogP contribution < -0.4 is 10.6 Å². The number of rotatable bonds is 7. The van der Waals surface area contributed by atoms with Gasteiger partial charge < -0.3 is 4.52 Å². The third kappa shape index (κ3) is 4.02. The summed E-state index contributed by atoms with van der Waals surface area (Å²) in [4.78, 5) is 0. The molecule has 0 bridgehead atoms. The molecule has 1 heterocycles. The highest BCUT2D eigenvalue weighted by molar-refractivity contribution is 7.92. The van der Waals surface area contributed by atoms with Gasteiger partial charge in [0, 0.05) is 6.07 Å². The normalized spacial score (nSPS) is 12.4. The molecule has 3 rings (SSSR count). The Kier molecular flexibility index (Phi) is 6.21. The zero-order chi connectivity index (χ0) is 19.1. The lowest BCUT2D eigenvalue weighted by Gasteiger charge is -2.27. The third-order valence-electron chi connectivity index (χ3n) is 4.60. The van der Waals surface area contributed by atoms with Crippen molar-refractivity contribution >= 4 is 17.9 Å². The average Bonchev–Trinajstić information content (AvgIpc) is 3.13. The summed E-state index contributed by atoms with van der Waals surface area (Å²) >= 11 is 0. The lowest BCUT2D eigenvalue weighted by molar-refractivity contribution is 0.390.